The molecule has 0 aliphatic rings. The normalized spacial score (nSPS) is 11.5. The third-order valence-electron chi connectivity index (χ3n) is 0.588. The first-order chi connectivity index (χ1) is 3.68. The predicted molar refractivity (Wildman–Crippen MR) is 34.9 cm³/mol. The van der Waals surface area contributed by atoms with Crippen LogP contribution in [0.2, 0.25) is 0 Å². The number of halogens is 1. The van der Waals surface area contributed by atoms with Crippen molar-refractivity contribution >= 4 is 21.9 Å². The van der Waals surface area contributed by atoms with Crippen LogP contribution in [0.3, 0.4) is 0 Å². The lowest BCUT2D eigenvalue weighted by molar-refractivity contribution is -0.131. The van der Waals surface area contributed by atoms with Crippen molar-refractivity contribution in [3.8, 4) is 0 Å². The highest BCUT2D eigenvalue weighted by Gasteiger charge is 1.97. The summed E-state index contributed by atoms with van der Waals surface area (Å²) in [6.45, 7) is 1.88. The zero-order valence-corrected chi connectivity index (χ0v) is 6.10. The number of hydrogen-bond acceptors (Lipinski definition) is 1. The van der Waals surface area contributed by atoms with Gasteiger partial charge in [-0.05, 0) is 22.4 Å². The second kappa shape index (κ2) is 3.66. The Morgan fingerprint density at radius 3 is 2.50 bits per heavy atom. The van der Waals surface area contributed by atoms with Gasteiger partial charge in [0.25, 0.3) is 0 Å². The number of allylic oxidation sites excluding steroid dienone is 1. The molecule has 0 heterocycles. The zero-order valence-electron chi connectivity index (χ0n) is 4.52. The maximum atomic E-state index is 9.97. The molecular weight excluding hydrogens is 172 g/mol. The number of carboxylic acid groups (broad SMARTS) is 1. The van der Waals surface area contributed by atoms with Crippen molar-refractivity contribution in [3.63, 3.8) is 0 Å². The lowest BCUT2D eigenvalue weighted by Crippen LogP contribution is -1.91. The first kappa shape index (κ1) is 7.69. The highest BCUT2D eigenvalue weighted by Crippen LogP contribution is 2.04. The van der Waals surface area contributed by atoms with Crippen LogP contribution in [0.5, 0.6) is 0 Å². The minimum atomic E-state index is -0.910. The minimum Gasteiger partial charge on any atom is -0.477 e. The Labute approximate surface area is 56.3 Å². The highest BCUT2D eigenvalue weighted by molar-refractivity contribution is 9.12. The molecule has 0 aromatic heterocycles. The summed E-state index contributed by atoms with van der Waals surface area (Å²) in [5.74, 6) is -0.910. The molecule has 1 N–H and O–H groups in total. The van der Waals surface area contributed by atoms with E-state index in [1.807, 2.05) is 6.92 Å². The Hall–Kier alpha value is -0.310. The second-order valence-electron chi connectivity index (χ2n) is 1.27. The van der Waals surface area contributed by atoms with Crippen molar-refractivity contribution in [2.24, 2.45) is 0 Å². The minimum absolute atomic E-state index is 0.236. The van der Waals surface area contributed by atoms with E-state index >= 15 is 0 Å². The first-order valence-corrected chi connectivity index (χ1v) is 3.06. The Kier molecular flexibility index (Phi) is 3.52. The van der Waals surface area contributed by atoms with Gasteiger partial charge in [-0.15, -0.1) is 0 Å². The molecule has 0 spiro atoms. The molecular formula is C5H7BrO2. The first-order valence-electron chi connectivity index (χ1n) is 2.27. The van der Waals surface area contributed by atoms with Gasteiger partial charge >= 0.3 is 5.97 Å². The van der Waals surface area contributed by atoms with Crippen LogP contribution in [0.25, 0.3) is 0 Å². The summed E-state index contributed by atoms with van der Waals surface area (Å²) in [5.41, 5.74) is 0. The molecule has 0 amide bonds. The zero-order chi connectivity index (χ0) is 6.57. The van der Waals surface area contributed by atoms with E-state index < -0.39 is 5.97 Å². The van der Waals surface area contributed by atoms with E-state index in [9.17, 15) is 4.79 Å². The lowest BCUT2D eigenvalue weighted by Gasteiger charge is -1.84. The van der Waals surface area contributed by atoms with E-state index in [0.29, 0.717) is 0 Å². The van der Waals surface area contributed by atoms with E-state index in [0.717, 1.165) is 6.42 Å². The second-order valence-corrected chi connectivity index (χ2v) is 2.12. The molecule has 0 bridgehead atoms. The monoisotopic (exact) mass is 178 g/mol. The highest BCUT2D eigenvalue weighted by atomic mass is 79.9. The maximum Gasteiger partial charge on any atom is 0.342 e. The van der Waals surface area contributed by atoms with Crippen LogP contribution in [0.15, 0.2) is 10.6 Å². The fourth-order valence-electron chi connectivity index (χ4n) is 0.267. The number of carbonyl (C=O) groups is 1. The smallest absolute Gasteiger partial charge is 0.342 e. The van der Waals surface area contributed by atoms with Crippen molar-refractivity contribution in [1.82, 2.24) is 0 Å². The molecule has 0 atom stereocenters. The van der Waals surface area contributed by atoms with Crippen molar-refractivity contribution in [2.45, 2.75) is 13.3 Å². The molecule has 0 radical (unpaired) electrons. The number of carboxylic acids is 1. The number of aliphatic carboxylic acids is 1. The molecule has 0 aromatic rings. The summed E-state index contributed by atoms with van der Waals surface area (Å²) in [6.07, 6.45) is 2.34. The van der Waals surface area contributed by atoms with Gasteiger partial charge < -0.3 is 5.11 Å². The lowest BCUT2D eigenvalue weighted by atomic mass is 10.4. The summed E-state index contributed by atoms with van der Waals surface area (Å²) in [6, 6.07) is 0. The molecule has 0 saturated heterocycles. The molecule has 0 aromatic carbocycles. The van der Waals surface area contributed by atoms with Crippen molar-refractivity contribution in [3.05, 3.63) is 10.6 Å². The van der Waals surface area contributed by atoms with Crippen LogP contribution in [0.4, 0.5) is 0 Å². The fourth-order valence-corrected chi connectivity index (χ4v) is 0.590. The van der Waals surface area contributed by atoms with Crippen molar-refractivity contribution in [1.29, 1.82) is 0 Å². The molecule has 2 nitrogen and oxygen atoms in total. The molecule has 0 unspecified atom stereocenters. The molecule has 0 fully saturated rings. The summed E-state index contributed by atoms with van der Waals surface area (Å²) in [7, 11) is 0. The Balaban J connectivity index is 3.80. The largest absolute Gasteiger partial charge is 0.477 e. The van der Waals surface area contributed by atoms with Crippen LogP contribution in [-0.2, 0) is 4.79 Å². The van der Waals surface area contributed by atoms with Gasteiger partial charge in [0.05, 0.1) is 4.48 Å². The number of rotatable bonds is 2. The van der Waals surface area contributed by atoms with Crippen LogP contribution < -0.4 is 0 Å². The summed E-state index contributed by atoms with van der Waals surface area (Å²) >= 11 is 2.86. The standard InChI is InChI=1S/C5H7BrO2/c1-2-3-4(6)5(7)8/h3H,2H2,1H3,(H,7,8). The van der Waals surface area contributed by atoms with Gasteiger partial charge in [0, 0.05) is 0 Å². The van der Waals surface area contributed by atoms with Crippen LogP contribution >= 0.6 is 15.9 Å². The van der Waals surface area contributed by atoms with Gasteiger partial charge in [-0.2, -0.15) is 0 Å². The molecule has 0 aliphatic heterocycles. The van der Waals surface area contributed by atoms with Crippen molar-refractivity contribution < 1.29 is 9.90 Å². The summed E-state index contributed by atoms with van der Waals surface area (Å²) in [5, 5.41) is 8.20. The Bertz CT molecular complexity index is 118. The van der Waals surface area contributed by atoms with Gasteiger partial charge in [0.15, 0.2) is 0 Å². The van der Waals surface area contributed by atoms with Crippen molar-refractivity contribution in [2.75, 3.05) is 0 Å². The van der Waals surface area contributed by atoms with E-state index in [2.05, 4.69) is 15.9 Å². The fraction of sp³-hybridized carbons (Fsp3) is 0.400. The van der Waals surface area contributed by atoms with Crippen LogP contribution in [0, 0.1) is 0 Å². The van der Waals surface area contributed by atoms with E-state index in [-0.39, 0.29) is 4.48 Å². The molecule has 8 heavy (non-hydrogen) atoms. The molecule has 0 rings (SSSR count). The van der Waals surface area contributed by atoms with Crippen LogP contribution in [0.1, 0.15) is 13.3 Å². The number of hydrogen-bond donors (Lipinski definition) is 1. The molecule has 0 saturated carbocycles. The van der Waals surface area contributed by atoms with Gasteiger partial charge in [-0.3, -0.25) is 0 Å². The third-order valence-corrected chi connectivity index (χ3v) is 1.25. The third kappa shape index (κ3) is 2.80. The topological polar surface area (TPSA) is 37.3 Å². The van der Waals surface area contributed by atoms with E-state index in [4.69, 9.17) is 5.11 Å². The van der Waals surface area contributed by atoms with Gasteiger partial charge in [0.1, 0.15) is 0 Å². The summed E-state index contributed by atoms with van der Waals surface area (Å²) in [4.78, 5) is 9.97. The van der Waals surface area contributed by atoms with Gasteiger partial charge in [-0.25, -0.2) is 4.79 Å². The van der Waals surface area contributed by atoms with Gasteiger partial charge in [-0.1, -0.05) is 13.0 Å². The van der Waals surface area contributed by atoms with Crippen LogP contribution in [-0.4, -0.2) is 11.1 Å². The van der Waals surface area contributed by atoms with Gasteiger partial charge in [0.2, 0.25) is 0 Å². The van der Waals surface area contributed by atoms with E-state index in [1.54, 1.807) is 6.08 Å². The Morgan fingerprint density at radius 2 is 2.38 bits per heavy atom. The molecule has 3 heteroatoms. The Morgan fingerprint density at radius 1 is 1.88 bits per heavy atom. The quantitative estimate of drug-likeness (QED) is 0.655. The predicted octanol–water partition coefficient (Wildman–Crippen LogP) is 1.76. The SMILES string of the molecule is CCC=C(Br)C(=O)O. The average molecular weight is 179 g/mol. The average Bonchev–Trinajstić information content (AvgIpc) is 1.67. The maximum absolute atomic E-state index is 9.97. The molecule has 0 aliphatic carbocycles. The summed E-state index contributed by atoms with van der Waals surface area (Å²) < 4.78 is 0.236. The molecule has 46 valence electrons. The van der Waals surface area contributed by atoms with E-state index in [1.165, 1.54) is 0 Å².